The van der Waals surface area contributed by atoms with E-state index in [4.69, 9.17) is 21.6 Å². The van der Waals surface area contributed by atoms with Crippen molar-refractivity contribution in [1.82, 2.24) is 5.43 Å². The van der Waals surface area contributed by atoms with Crippen molar-refractivity contribution in [3.05, 3.63) is 99.6 Å². The van der Waals surface area contributed by atoms with Crippen LogP contribution in [0.2, 0.25) is 5.02 Å². The van der Waals surface area contributed by atoms with E-state index in [0.29, 0.717) is 27.5 Å². The topological polar surface area (TPSA) is 74.5 Å². The van der Waals surface area contributed by atoms with E-state index >= 15 is 0 Å². The fourth-order valence-electron chi connectivity index (χ4n) is 2.69. The molecule has 6 heteroatoms. The highest BCUT2D eigenvalue weighted by molar-refractivity contribution is 6.30. The van der Waals surface area contributed by atoms with Crippen LogP contribution in [0.25, 0.3) is 0 Å². The minimum Gasteiger partial charge on any atom is -0.488 e. The Morgan fingerprint density at radius 2 is 2.00 bits per heavy atom. The molecule has 0 aliphatic carbocycles. The van der Waals surface area contributed by atoms with Gasteiger partial charge in [-0.15, -0.1) is 0 Å². The summed E-state index contributed by atoms with van der Waals surface area (Å²) in [6.07, 6.45) is 1.49. The number of hydrogen-bond acceptors (Lipinski definition) is 4. The maximum absolute atomic E-state index is 12.3. The molecule has 0 aliphatic heterocycles. The number of halogens is 1. The first kappa shape index (κ1) is 20.1. The van der Waals surface area contributed by atoms with Gasteiger partial charge in [0.05, 0.1) is 17.8 Å². The summed E-state index contributed by atoms with van der Waals surface area (Å²) in [6.45, 7) is 2.15. The molecule has 29 heavy (non-hydrogen) atoms. The summed E-state index contributed by atoms with van der Waals surface area (Å²) in [7, 11) is 0. The average molecular weight is 404 g/mol. The number of carbonyl (C=O) groups is 1. The van der Waals surface area contributed by atoms with E-state index < -0.39 is 0 Å². The second kappa shape index (κ2) is 9.54. The SMILES string of the molecule is Cc1ccccc1C(=O)N/N=C/c1cc(Cl)ccc1OCc1cccc(C#N)c1. The highest BCUT2D eigenvalue weighted by Crippen LogP contribution is 2.22. The van der Waals surface area contributed by atoms with E-state index in [1.807, 2.05) is 31.2 Å². The van der Waals surface area contributed by atoms with Gasteiger partial charge in [-0.05, 0) is 54.4 Å². The van der Waals surface area contributed by atoms with Crippen LogP contribution in [0.15, 0.2) is 71.8 Å². The number of nitrogens with zero attached hydrogens (tertiary/aromatic N) is 2. The van der Waals surface area contributed by atoms with Gasteiger partial charge in [0.1, 0.15) is 12.4 Å². The van der Waals surface area contributed by atoms with Gasteiger partial charge in [-0.25, -0.2) is 5.43 Å². The molecule has 0 saturated heterocycles. The highest BCUT2D eigenvalue weighted by atomic mass is 35.5. The quantitative estimate of drug-likeness (QED) is 0.471. The van der Waals surface area contributed by atoms with Gasteiger partial charge in [-0.3, -0.25) is 4.79 Å². The number of amides is 1. The van der Waals surface area contributed by atoms with Gasteiger partial charge in [0, 0.05) is 16.1 Å². The lowest BCUT2D eigenvalue weighted by Gasteiger charge is -2.10. The van der Waals surface area contributed by atoms with E-state index in [-0.39, 0.29) is 12.5 Å². The van der Waals surface area contributed by atoms with Crippen LogP contribution >= 0.6 is 11.6 Å². The predicted molar refractivity (Wildman–Crippen MR) is 113 cm³/mol. The van der Waals surface area contributed by atoms with Crippen molar-refractivity contribution in [2.75, 3.05) is 0 Å². The number of aryl methyl sites for hydroxylation is 1. The molecule has 3 rings (SSSR count). The number of nitrogens with one attached hydrogen (secondary N) is 1. The lowest BCUT2D eigenvalue weighted by Crippen LogP contribution is -2.18. The van der Waals surface area contributed by atoms with Crippen LogP contribution in [0.3, 0.4) is 0 Å². The maximum atomic E-state index is 12.3. The third-order valence-corrected chi connectivity index (χ3v) is 4.42. The molecule has 0 fully saturated rings. The number of nitriles is 1. The molecule has 144 valence electrons. The van der Waals surface area contributed by atoms with Gasteiger partial charge < -0.3 is 4.74 Å². The molecule has 1 amide bonds. The third kappa shape index (κ3) is 5.44. The van der Waals surface area contributed by atoms with Crippen molar-refractivity contribution in [1.29, 1.82) is 5.26 Å². The molecule has 0 aromatic heterocycles. The Morgan fingerprint density at radius 3 is 2.79 bits per heavy atom. The summed E-state index contributed by atoms with van der Waals surface area (Å²) in [5.41, 5.74) is 6.01. The fourth-order valence-corrected chi connectivity index (χ4v) is 2.87. The van der Waals surface area contributed by atoms with Crippen LogP contribution in [-0.4, -0.2) is 12.1 Å². The Labute approximate surface area is 174 Å². The number of hydrogen-bond donors (Lipinski definition) is 1. The Morgan fingerprint density at radius 1 is 1.17 bits per heavy atom. The molecule has 3 aromatic rings. The predicted octanol–water partition coefficient (Wildman–Crippen LogP) is 4.86. The minimum atomic E-state index is -0.294. The molecule has 0 unspecified atom stereocenters. The minimum absolute atomic E-state index is 0.285. The molecule has 1 N–H and O–H groups in total. The maximum Gasteiger partial charge on any atom is 0.271 e. The summed E-state index contributed by atoms with van der Waals surface area (Å²) < 4.78 is 5.87. The number of benzene rings is 3. The second-order valence-electron chi connectivity index (χ2n) is 6.30. The van der Waals surface area contributed by atoms with Crippen molar-refractivity contribution < 1.29 is 9.53 Å². The Hall–Kier alpha value is -3.62. The molecule has 0 saturated carbocycles. The van der Waals surface area contributed by atoms with E-state index in [2.05, 4.69) is 16.6 Å². The highest BCUT2D eigenvalue weighted by Gasteiger charge is 2.08. The van der Waals surface area contributed by atoms with Crippen LogP contribution in [0, 0.1) is 18.3 Å². The van der Waals surface area contributed by atoms with Gasteiger partial charge in [0.2, 0.25) is 0 Å². The summed E-state index contributed by atoms with van der Waals surface area (Å²) in [4.78, 5) is 12.3. The van der Waals surface area contributed by atoms with E-state index in [1.165, 1.54) is 6.21 Å². The molecule has 0 spiro atoms. The average Bonchev–Trinajstić information content (AvgIpc) is 2.73. The van der Waals surface area contributed by atoms with E-state index in [0.717, 1.165) is 11.1 Å². The smallest absolute Gasteiger partial charge is 0.271 e. The Kier molecular flexibility index (Phi) is 6.62. The lowest BCUT2D eigenvalue weighted by atomic mass is 10.1. The Bertz CT molecular complexity index is 1100. The molecular formula is C23H18ClN3O2. The van der Waals surface area contributed by atoms with Crippen LogP contribution in [0.4, 0.5) is 0 Å². The van der Waals surface area contributed by atoms with Crippen LogP contribution in [-0.2, 0) is 6.61 Å². The fraction of sp³-hybridized carbons (Fsp3) is 0.0870. The first-order valence-corrected chi connectivity index (χ1v) is 9.25. The summed E-state index contributed by atoms with van der Waals surface area (Å²) >= 11 is 6.09. The summed E-state index contributed by atoms with van der Waals surface area (Å²) in [6, 6.07) is 21.7. The standard InChI is InChI=1S/C23H18ClN3O2/c1-16-5-2-3-8-21(16)23(28)27-26-14-19-12-20(24)9-10-22(19)29-15-18-7-4-6-17(11-18)13-25/h2-12,14H,15H2,1H3,(H,27,28)/b26-14+. The normalized spacial score (nSPS) is 10.5. The van der Waals surface area contributed by atoms with Crippen LogP contribution in [0.5, 0.6) is 5.75 Å². The van der Waals surface area contributed by atoms with Gasteiger partial charge in [0.25, 0.3) is 5.91 Å². The van der Waals surface area contributed by atoms with E-state index in [1.54, 1.807) is 42.5 Å². The van der Waals surface area contributed by atoms with Crippen molar-refractivity contribution in [2.24, 2.45) is 5.10 Å². The van der Waals surface area contributed by atoms with Crippen LogP contribution < -0.4 is 10.2 Å². The monoisotopic (exact) mass is 403 g/mol. The second-order valence-corrected chi connectivity index (χ2v) is 6.73. The van der Waals surface area contributed by atoms with Gasteiger partial charge in [-0.1, -0.05) is 41.9 Å². The van der Waals surface area contributed by atoms with Crippen molar-refractivity contribution in [2.45, 2.75) is 13.5 Å². The van der Waals surface area contributed by atoms with Crippen molar-refractivity contribution in [3.63, 3.8) is 0 Å². The summed E-state index contributed by atoms with van der Waals surface area (Å²) in [5, 5.41) is 13.6. The van der Waals surface area contributed by atoms with Crippen LogP contribution in [0.1, 0.15) is 32.6 Å². The zero-order valence-electron chi connectivity index (χ0n) is 15.7. The molecule has 3 aromatic carbocycles. The zero-order valence-corrected chi connectivity index (χ0v) is 16.5. The number of rotatable bonds is 6. The molecular weight excluding hydrogens is 386 g/mol. The van der Waals surface area contributed by atoms with Gasteiger partial charge >= 0.3 is 0 Å². The third-order valence-electron chi connectivity index (χ3n) is 4.18. The zero-order chi connectivity index (χ0) is 20.6. The van der Waals surface area contributed by atoms with Crippen molar-refractivity contribution in [3.8, 4) is 11.8 Å². The number of hydrazone groups is 1. The van der Waals surface area contributed by atoms with Gasteiger partial charge in [0.15, 0.2) is 0 Å². The number of ether oxygens (including phenoxy) is 1. The first-order valence-electron chi connectivity index (χ1n) is 8.87. The molecule has 0 aliphatic rings. The first-order chi connectivity index (χ1) is 14.1. The largest absolute Gasteiger partial charge is 0.488 e. The molecule has 0 bridgehead atoms. The molecule has 0 atom stereocenters. The molecule has 5 nitrogen and oxygen atoms in total. The molecule has 0 radical (unpaired) electrons. The van der Waals surface area contributed by atoms with Crippen molar-refractivity contribution >= 4 is 23.7 Å². The van der Waals surface area contributed by atoms with Gasteiger partial charge in [-0.2, -0.15) is 10.4 Å². The number of carbonyl (C=O) groups excluding carboxylic acids is 1. The lowest BCUT2D eigenvalue weighted by molar-refractivity contribution is 0.0954. The Balaban J connectivity index is 1.71. The summed E-state index contributed by atoms with van der Waals surface area (Å²) in [5.74, 6) is 0.266. The molecule has 0 heterocycles. The van der Waals surface area contributed by atoms with E-state index in [9.17, 15) is 4.79 Å².